The number of carbonyl (C=O) groups is 1. The lowest BCUT2D eigenvalue weighted by Gasteiger charge is -2.16. The number of rotatable bonds is 8. The van der Waals surface area contributed by atoms with E-state index in [1.54, 1.807) is 24.3 Å². The molecule has 0 aliphatic carbocycles. The standard InChI is InChI=1S/C24H26N2O4S/c1-17-9-4-6-13-22(17)26-31(28,29)21-12-8-11-20(15-21)24(27)25-19(3)16-30-23-14-7-5-10-18(23)2/h4-15,19,26H,16H2,1-3H3,(H,25,27)/t19-/m1/s1. The summed E-state index contributed by atoms with van der Waals surface area (Å²) in [5, 5.41) is 2.84. The van der Waals surface area contributed by atoms with Gasteiger partial charge in [-0.1, -0.05) is 42.5 Å². The quantitative estimate of drug-likeness (QED) is 0.549. The molecule has 7 heteroatoms. The second-order valence-electron chi connectivity index (χ2n) is 7.40. The van der Waals surface area contributed by atoms with E-state index in [4.69, 9.17) is 4.74 Å². The summed E-state index contributed by atoms with van der Waals surface area (Å²) in [7, 11) is -3.83. The van der Waals surface area contributed by atoms with E-state index in [9.17, 15) is 13.2 Å². The van der Waals surface area contributed by atoms with Gasteiger partial charge in [-0.3, -0.25) is 9.52 Å². The van der Waals surface area contributed by atoms with Gasteiger partial charge in [0.15, 0.2) is 0 Å². The van der Waals surface area contributed by atoms with Crippen molar-refractivity contribution in [1.29, 1.82) is 0 Å². The highest BCUT2D eigenvalue weighted by Crippen LogP contribution is 2.20. The lowest BCUT2D eigenvalue weighted by atomic mass is 10.2. The Kier molecular flexibility index (Phi) is 6.97. The Morgan fingerprint density at radius 3 is 2.32 bits per heavy atom. The Morgan fingerprint density at radius 2 is 1.61 bits per heavy atom. The lowest BCUT2D eigenvalue weighted by molar-refractivity contribution is 0.0926. The fraction of sp³-hybridized carbons (Fsp3) is 0.208. The third-order valence-electron chi connectivity index (χ3n) is 4.76. The van der Waals surface area contributed by atoms with Crippen LogP contribution in [0.4, 0.5) is 5.69 Å². The Labute approximate surface area is 183 Å². The van der Waals surface area contributed by atoms with Crippen molar-refractivity contribution in [2.24, 2.45) is 0 Å². The van der Waals surface area contributed by atoms with E-state index in [1.807, 2.05) is 57.2 Å². The second-order valence-corrected chi connectivity index (χ2v) is 9.08. The molecule has 0 heterocycles. The molecule has 0 saturated carbocycles. The first-order valence-corrected chi connectivity index (χ1v) is 11.4. The summed E-state index contributed by atoms with van der Waals surface area (Å²) < 4.78 is 33.9. The Balaban J connectivity index is 1.66. The van der Waals surface area contributed by atoms with Gasteiger partial charge in [0, 0.05) is 5.56 Å². The van der Waals surface area contributed by atoms with Crippen LogP contribution in [0.5, 0.6) is 5.75 Å². The number of hydrogen-bond acceptors (Lipinski definition) is 4. The molecule has 0 spiro atoms. The fourth-order valence-electron chi connectivity index (χ4n) is 2.98. The predicted molar refractivity (Wildman–Crippen MR) is 122 cm³/mol. The first-order chi connectivity index (χ1) is 14.8. The van der Waals surface area contributed by atoms with Crippen molar-refractivity contribution in [2.45, 2.75) is 31.7 Å². The van der Waals surface area contributed by atoms with Crippen molar-refractivity contribution in [2.75, 3.05) is 11.3 Å². The number of para-hydroxylation sites is 2. The van der Waals surface area contributed by atoms with E-state index in [2.05, 4.69) is 10.0 Å². The molecule has 3 rings (SSSR count). The van der Waals surface area contributed by atoms with Crippen LogP contribution in [0.15, 0.2) is 77.7 Å². The van der Waals surface area contributed by atoms with E-state index in [0.29, 0.717) is 12.3 Å². The largest absolute Gasteiger partial charge is 0.491 e. The Bertz CT molecular complexity index is 1180. The number of amides is 1. The number of ether oxygens (including phenoxy) is 1. The van der Waals surface area contributed by atoms with Crippen LogP contribution in [0.25, 0.3) is 0 Å². The van der Waals surface area contributed by atoms with E-state index < -0.39 is 10.0 Å². The highest BCUT2D eigenvalue weighted by Gasteiger charge is 2.18. The summed E-state index contributed by atoms with van der Waals surface area (Å²) in [6.07, 6.45) is 0. The van der Waals surface area contributed by atoms with Crippen molar-refractivity contribution >= 4 is 21.6 Å². The summed E-state index contributed by atoms with van der Waals surface area (Å²) in [5.74, 6) is 0.396. The molecule has 0 aliphatic heterocycles. The molecule has 1 atom stereocenters. The van der Waals surface area contributed by atoms with Crippen molar-refractivity contribution in [3.05, 3.63) is 89.5 Å². The highest BCUT2D eigenvalue weighted by atomic mass is 32.2. The first-order valence-electron chi connectivity index (χ1n) is 9.94. The molecule has 0 fully saturated rings. The van der Waals surface area contributed by atoms with Crippen LogP contribution >= 0.6 is 0 Å². The summed E-state index contributed by atoms with van der Waals surface area (Å²) >= 11 is 0. The topological polar surface area (TPSA) is 84.5 Å². The van der Waals surface area contributed by atoms with Crippen LogP contribution in [-0.2, 0) is 10.0 Å². The Morgan fingerprint density at radius 1 is 0.935 bits per heavy atom. The molecule has 0 unspecified atom stereocenters. The van der Waals surface area contributed by atoms with Crippen LogP contribution in [0.3, 0.4) is 0 Å². The minimum Gasteiger partial charge on any atom is -0.491 e. The fourth-order valence-corrected chi connectivity index (χ4v) is 4.15. The molecule has 1 amide bonds. The summed E-state index contributed by atoms with van der Waals surface area (Å²) in [6, 6.07) is 20.5. The molecule has 0 aliphatic rings. The summed E-state index contributed by atoms with van der Waals surface area (Å²) in [6.45, 7) is 5.90. The van der Waals surface area contributed by atoms with Crippen molar-refractivity contribution in [1.82, 2.24) is 5.32 Å². The number of anilines is 1. The molecule has 0 saturated heterocycles. The van der Waals surface area contributed by atoms with Gasteiger partial charge < -0.3 is 10.1 Å². The predicted octanol–water partition coefficient (Wildman–Crippen LogP) is 4.30. The van der Waals surface area contributed by atoms with E-state index >= 15 is 0 Å². The number of sulfonamides is 1. The lowest BCUT2D eigenvalue weighted by Crippen LogP contribution is -2.36. The van der Waals surface area contributed by atoms with Gasteiger partial charge in [0.2, 0.25) is 0 Å². The maximum atomic E-state index is 12.8. The molecule has 6 nitrogen and oxygen atoms in total. The third-order valence-corrected chi connectivity index (χ3v) is 6.12. The SMILES string of the molecule is Cc1ccccc1NS(=O)(=O)c1cccc(C(=O)N[C@H](C)COc2ccccc2C)c1. The normalized spacial score (nSPS) is 12.1. The average Bonchev–Trinajstić information content (AvgIpc) is 2.75. The minimum absolute atomic E-state index is 0.0206. The smallest absolute Gasteiger partial charge is 0.261 e. The van der Waals surface area contributed by atoms with Gasteiger partial charge in [-0.15, -0.1) is 0 Å². The maximum Gasteiger partial charge on any atom is 0.261 e. The Hall–Kier alpha value is -3.32. The second kappa shape index (κ2) is 9.66. The highest BCUT2D eigenvalue weighted by molar-refractivity contribution is 7.92. The van der Waals surface area contributed by atoms with Gasteiger partial charge in [-0.25, -0.2) is 8.42 Å². The molecule has 3 aromatic carbocycles. The third kappa shape index (κ3) is 5.86. The zero-order valence-corrected chi connectivity index (χ0v) is 18.6. The first kappa shape index (κ1) is 22.4. The number of carbonyl (C=O) groups excluding carboxylic acids is 1. The van der Waals surface area contributed by atoms with Crippen molar-refractivity contribution in [3.63, 3.8) is 0 Å². The number of nitrogens with one attached hydrogen (secondary N) is 2. The molecular formula is C24H26N2O4S. The van der Waals surface area contributed by atoms with Crippen LogP contribution in [-0.4, -0.2) is 27.0 Å². The van der Waals surface area contributed by atoms with Crippen LogP contribution < -0.4 is 14.8 Å². The van der Waals surface area contributed by atoms with Gasteiger partial charge >= 0.3 is 0 Å². The van der Waals surface area contributed by atoms with Crippen LogP contribution in [0, 0.1) is 13.8 Å². The molecular weight excluding hydrogens is 412 g/mol. The molecule has 2 N–H and O–H groups in total. The van der Waals surface area contributed by atoms with E-state index in [0.717, 1.165) is 16.9 Å². The van der Waals surface area contributed by atoms with Gasteiger partial charge in [0.1, 0.15) is 12.4 Å². The van der Waals surface area contributed by atoms with Crippen molar-refractivity contribution < 1.29 is 17.9 Å². The summed E-state index contributed by atoms with van der Waals surface area (Å²) in [5.41, 5.74) is 2.58. The molecule has 3 aromatic rings. The molecule has 0 radical (unpaired) electrons. The maximum absolute atomic E-state index is 12.8. The van der Waals surface area contributed by atoms with E-state index in [1.165, 1.54) is 12.1 Å². The zero-order chi connectivity index (χ0) is 22.4. The van der Waals surface area contributed by atoms with Gasteiger partial charge in [0.05, 0.1) is 16.6 Å². The average molecular weight is 439 g/mol. The van der Waals surface area contributed by atoms with Crippen LogP contribution in [0.1, 0.15) is 28.4 Å². The number of aryl methyl sites for hydroxylation is 2. The molecule has 0 aromatic heterocycles. The summed E-state index contributed by atoms with van der Waals surface area (Å²) in [4.78, 5) is 12.7. The van der Waals surface area contributed by atoms with Gasteiger partial charge in [0.25, 0.3) is 15.9 Å². The van der Waals surface area contributed by atoms with Crippen molar-refractivity contribution in [3.8, 4) is 5.75 Å². The van der Waals surface area contributed by atoms with Gasteiger partial charge in [-0.2, -0.15) is 0 Å². The molecule has 162 valence electrons. The molecule has 31 heavy (non-hydrogen) atoms. The van der Waals surface area contributed by atoms with Gasteiger partial charge in [-0.05, 0) is 62.2 Å². The van der Waals surface area contributed by atoms with Crippen LogP contribution in [0.2, 0.25) is 0 Å². The zero-order valence-electron chi connectivity index (χ0n) is 17.8. The minimum atomic E-state index is -3.83. The molecule has 0 bridgehead atoms. The number of hydrogen-bond donors (Lipinski definition) is 2. The monoisotopic (exact) mass is 438 g/mol. The number of benzene rings is 3. The van der Waals surface area contributed by atoms with E-state index in [-0.39, 0.29) is 22.4 Å².